The summed E-state index contributed by atoms with van der Waals surface area (Å²) in [5.74, 6) is -0.872. The van der Waals surface area contributed by atoms with Crippen LogP contribution < -0.4 is 5.32 Å². The Kier molecular flexibility index (Phi) is 2.91. The summed E-state index contributed by atoms with van der Waals surface area (Å²) in [7, 11) is 0. The zero-order chi connectivity index (χ0) is 10.7. The third kappa shape index (κ3) is 2.35. The zero-order valence-electron chi connectivity index (χ0n) is 7.96. The minimum atomic E-state index is -1.11. The normalized spacial score (nSPS) is 9.86. The largest absolute Gasteiger partial charge is 0.475 e. The molecule has 0 fully saturated rings. The molecule has 5 nitrogen and oxygen atoms in total. The van der Waals surface area contributed by atoms with E-state index < -0.39 is 5.97 Å². The number of aryl methyl sites for hydroxylation is 1. The van der Waals surface area contributed by atoms with Gasteiger partial charge in [-0.15, -0.1) is 0 Å². The van der Waals surface area contributed by atoms with E-state index in [0.29, 0.717) is 11.3 Å². The van der Waals surface area contributed by atoms with Gasteiger partial charge in [0.15, 0.2) is 0 Å². The van der Waals surface area contributed by atoms with Crippen molar-refractivity contribution >= 4 is 11.9 Å². The first-order chi connectivity index (χ1) is 6.50. The van der Waals surface area contributed by atoms with Crippen molar-refractivity contribution in [1.82, 2.24) is 5.32 Å². The SMILES string of the molecule is CC(=O)NCc1cc(C(=O)O)oc1C. The summed E-state index contributed by atoms with van der Waals surface area (Å²) in [6, 6.07) is 1.41. The fourth-order valence-corrected chi connectivity index (χ4v) is 1.02. The molecule has 5 heteroatoms. The van der Waals surface area contributed by atoms with Gasteiger partial charge in [0.05, 0.1) is 0 Å². The molecule has 1 aromatic rings. The van der Waals surface area contributed by atoms with Crippen molar-refractivity contribution in [1.29, 1.82) is 0 Å². The predicted octanol–water partition coefficient (Wildman–Crippen LogP) is 0.922. The van der Waals surface area contributed by atoms with Gasteiger partial charge in [-0.1, -0.05) is 0 Å². The quantitative estimate of drug-likeness (QED) is 0.755. The van der Waals surface area contributed by atoms with Crippen LogP contribution in [0.3, 0.4) is 0 Å². The Balaban J connectivity index is 2.77. The van der Waals surface area contributed by atoms with Gasteiger partial charge in [0.2, 0.25) is 11.7 Å². The highest BCUT2D eigenvalue weighted by Crippen LogP contribution is 2.14. The van der Waals surface area contributed by atoms with Crippen molar-refractivity contribution in [3.63, 3.8) is 0 Å². The van der Waals surface area contributed by atoms with Gasteiger partial charge in [-0.3, -0.25) is 4.79 Å². The smallest absolute Gasteiger partial charge is 0.371 e. The molecule has 0 aromatic carbocycles. The van der Waals surface area contributed by atoms with Gasteiger partial charge < -0.3 is 14.8 Å². The van der Waals surface area contributed by atoms with Gasteiger partial charge in [0.25, 0.3) is 0 Å². The first kappa shape index (κ1) is 10.3. The molecule has 1 rings (SSSR count). The third-order valence-electron chi connectivity index (χ3n) is 1.76. The van der Waals surface area contributed by atoms with E-state index in [1.165, 1.54) is 13.0 Å². The summed E-state index contributed by atoms with van der Waals surface area (Å²) in [5, 5.41) is 11.2. The van der Waals surface area contributed by atoms with Crippen LogP contribution in [0.5, 0.6) is 0 Å². The van der Waals surface area contributed by atoms with Crippen LogP contribution in [0.15, 0.2) is 10.5 Å². The van der Waals surface area contributed by atoms with Gasteiger partial charge in [0, 0.05) is 19.0 Å². The predicted molar refractivity (Wildman–Crippen MR) is 47.9 cm³/mol. The van der Waals surface area contributed by atoms with Crippen LogP contribution in [0, 0.1) is 6.92 Å². The molecule has 2 N–H and O–H groups in total. The van der Waals surface area contributed by atoms with E-state index in [-0.39, 0.29) is 18.2 Å². The number of rotatable bonds is 3. The third-order valence-corrected chi connectivity index (χ3v) is 1.76. The summed E-state index contributed by atoms with van der Waals surface area (Å²) in [5.41, 5.74) is 0.678. The number of carbonyl (C=O) groups excluding carboxylic acids is 1. The highest BCUT2D eigenvalue weighted by molar-refractivity contribution is 5.84. The summed E-state index contributed by atoms with van der Waals surface area (Å²) in [6.07, 6.45) is 0. The molecule has 0 saturated carbocycles. The van der Waals surface area contributed by atoms with Crippen LogP contribution >= 0.6 is 0 Å². The lowest BCUT2D eigenvalue weighted by atomic mass is 10.2. The Morgan fingerprint density at radius 3 is 2.64 bits per heavy atom. The zero-order valence-corrected chi connectivity index (χ0v) is 7.96. The van der Waals surface area contributed by atoms with E-state index in [0.717, 1.165) is 0 Å². The number of amides is 1. The topological polar surface area (TPSA) is 79.5 Å². The van der Waals surface area contributed by atoms with E-state index >= 15 is 0 Å². The molecule has 0 spiro atoms. The molecular formula is C9H11NO4. The van der Waals surface area contributed by atoms with Crippen molar-refractivity contribution in [3.05, 3.63) is 23.2 Å². The lowest BCUT2D eigenvalue weighted by Gasteiger charge is -1.98. The molecule has 0 unspecified atom stereocenters. The Hall–Kier alpha value is -1.78. The second-order valence-corrected chi connectivity index (χ2v) is 2.91. The van der Waals surface area contributed by atoms with E-state index in [1.54, 1.807) is 6.92 Å². The molecule has 1 heterocycles. The maximum Gasteiger partial charge on any atom is 0.371 e. The molecule has 0 radical (unpaired) electrons. The second kappa shape index (κ2) is 3.95. The van der Waals surface area contributed by atoms with Crippen LogP contribution in [0.4, 0.5) is 0 Å². The minimum absolute atomic E-state index is 0.108. The first-order valence-corrected chi connectivity index (χ1v) is 4.07. The standard InChI is InChI=1S/C9H11NO4/c1-5-7(4-10-6(2)11)3-8(14-5)9(12)13/h3H,4H2,1-2H3,(H,10,11)(H,12,13). The number of hydrogen-bond acceptors (Lipinski definition) is 3. The highest BCUT2D eigenvalue weighted by atomic mass is 16.4. The number of hydrogen-bond donors (Lipinski definition) is 2. The van der Waals surface area contributed by atoms with Crippen LogP contribution in [0.25, 0.3) is 0 Å². The van der Waals surface area contributed by atoms with Crippen molar-refractivity contribution in [2.45, 2.75) is 20.4 Å². The average molecular weight is 197 g/mol. The second-order valence-electron chi connectivity index (χ2n) is 2.91. The fourth-order valence-electron chi connectivity index (χ4n) is 1.02. The Bertz CT molecular complexity index is 367. The lowest BCUT2D eigenvalue weighted by molar-refractivity contribution is -0.119. The summed E-state index contributed by atoms with van der Waals surface area (Å²) in [6.45, 7) is 3.34. The van der Waals surface area contributed by atoms with E-state index in [1.807, 2.05) is 0 Å². The molecular weight excluding hydrogens is 186 g/mol. The summed E-state index contributed by atoms with van der Waals surface area (Å²) >= 11 is 0. The lowest BCUT2D eigenvalue weighted by Crippen LogP contribution is -2.18. The van der Waals surface area contributed by atoms with Crippen molar-refractivity contribution in [3.8, 4) is 0 Å². The van der Waals surface area contributed by atoms with Crippen molar-refractivity contribution in [2.75, 3.05) is 0 Å². The Morgan fingerprint density at radius 2 is 2.21 bits per heavy atom. The maximum atomic E-state index is 10.6. The van der Waals surface area contributed by atoms with Crippen LogP contribution in [-0.4, -0.2) is 17.0 Å². The number of carbonyl (C=O) groups is 2. The fraction of sp³-hybridized carbons (Fsp3) is 0.333. The molecule has 0 atom stereocenters. The molecule has 0 saturated heterocycles. The Labute approximate surface area is 80.7 Å². The van der Waals surface area contributed by atoms with E-state index in [2.05, 4.69) is 5.32 Å². The van der Waals surface area contributed by atoms with Crippen LogP contribution in [0.2, 0.25) is 0 Å². The Morgan fingerprint density at radius 1 is 1.57 bits per heavy atom. The number of carboxylic acids is 1. The van der Waals surface area contributed by atoms with Gasteiger partial charge in [-0.05, 0) is 13.0 Å². The van der Waals surface area contributed by atoms with Crippen molar-refractivity contribution < 1.29 is 19.1 Å². The van der Waals surface area contributed by atoms with Crippen LogP contribution in [0.1, 0.15) is 28.8 Å². The van der Waals surface area contributed by atoms with E-state index in [4.69, 9.17) is 9.52 Å². The number of aromatic carboxylic acids is 1. The summed E-state index contributed by atoms with van der Waals surface area (Å²) < 4.78 is 4.96. The average Bonchev–Trinajstić information content (AvgIpc) is 2.43. The van der Waals surface area contributed by atoms with Gasteiger partial charge >= 0.3 is 5.97 Å². The molecule has 14 heavy (non-hydrogen) atoms. The van der Waals surface area contributed by atoms with Gasteiger partial charge in [-0.2, -0.15) is 0 Å². The first-order valence-electron chi connectivity index (χ1n) is 4.07. The number of nitrogens with one attached hydrogen (secondary N) is 1. The highest BCUT2D eigenvalue weighted by Gasteiger charge is 2.12. The number of furan rings is 1. The molecule has 0 aliphatic heterocycles. The molecule has 0 aliphatic carbocycles. The van der Waals surface area contributed by atoms with E-state index in [9.17, 15) is 9.59 Å². The summed E-state index contributed by atoms with van der Waals surface area (Å²) in [4.78, 5) is 21.1. The van der Waals surface area contributed by atoms with Crippen LogP contribution in [-0.2, 0) is 11.3 Å². The van der Waals surface area contributed by atoms with Gasteiger partial charge in [-0.25, -0.2) is 4.79 Å². The molecule has 1 amide bonds. The minimum Gasteiger partial charge on any atom is -0.475 e. The van der Waals surface area contributed by atoms with Gasteiger partial charge in [0.1, 0.15) is 5.76 Å². The molecule has 0 bridgehead atoms. The monoisotopic (exact) mass is 197 g/mol. The van der Waals surface area contributed by atoms with Crippen molar-refractivity contribution in [2.24, 2.45) is 0 Å². The molecule has 0 aliphatic rings. The molecule has 1 aromatic heterocycles. The molecule has 76 valence electrons. The number of carboxylic acid groups (broad SMARTS) is 1. The maximum absolute atomic E-state index is 10.6.